The number of hydrogen-bond acceptors (Lipinski definition) is 6. The minimum Gasteiger partial charge on any atom is -0.461 e. The lowest BCUT2D eigenvalue weighted by atomic mass is 9.79. The molecule has 0 spiro atoms. The molecule has 1 aromatic rings. The van der Waals surface area contributed by atoms with Crippen LogP contribution in [-0.4, -0.2) is 60.3 Å². The summed E-state index contributed by atoms with van der Waals surface area (Å²) in [5.74, 6) is -0.673. The first-order chi connectivity index (χ1) is 14.1. The Labute approximate surface area is 177 Å². The second-order valence-corrected chi connectivity index (χ2v) is 6.84. The molecule has 1 aromatic heterocycles. The zero-order valence-corrected chi connectivity index (χ0v) is 17.5. The first-order valence-electron chi connectivity index (χ1n) is 9.45. The number of alkyl carbamates (subject to hydrolysis) is 1. The number of aromatic nitrogens is 1. The van der Waals surface area contributed by atoms with Gasteiger partial charge in [-0.15, -0.1) is 0 Å². The Bertz CT molecular complexity index is 764. The average molecular weight is 451 g/mol. The fourth-order valence-electron chi connectivity index (χ4n) is 2.95. The predicted molar refractivity (Wildman–Crippen MR) is 105 cm³/mol. The van der Waals surface area contributed by atoms with Crippen molar-refractivity contribution in [2.75, 3.05) is 31.3 Å². The van der Waals surface area contributed by atoms with Gasteiger partial charge in [0, 0.05) is 12.7 Å². The summed E-state index contributed by atoms with van der Waals surface area (Å²) in [5.41, 5.74) is -1.90. The molecule has 0 saturated heterocycles. The van der Waals surface area contributed by atoms with E-state index in [9.17, 15) is 22.8 Å². The van der Waals surface area contributed by atoms with E-state index in [2.05, 4.69) is 10.3 Å². The van der Waals surface area contributed by atoms with Gasteiger partial charge in [0.05, 0.1) is 25.5 Å². The van der Waals surface area contributed by atoms with Crippen LogP contribution in [0.25, 0.3) is 0 Å². The number of alkyl halides is 3. The molecule has 0 unspecified atom stereocenters. The molecular weight excluding hydrogens is 427 g/mol. The standard InChI is InChI=1S/C18H24F3N3O5S/c1-3-27-14(25)13-12(6-9-22-13)24(15(30)23-16(26)28-4-2)10-11-29-17(7-5-8-17)18(19,20)21/h6,9,22H,3-5,7-8,10-11H2,1-2H3,(H,23,26,30). The number of amides is 1. The molecule has 0 radical (unpaired) electrons. The van der Waals surface area contributed by atoms with Crippen molar-refractivity contribution in [3.05, 3.63) is 18.0 Å². The fraction of sp³-hybridized carbons (Fsp3) is 0.611. The Morgan fingerprint density at radius 3 is 2.47 bits per heavy atom. The lowest BCUT2D eigenvalue weighted by Gasteiger charge is -2.43. The number of nitrogens with one attached hydrogen (secondary N) is 2. The maximum absolute atomic E-state index is 13.3. The van der Waals surface area contributed by atoms with E-state index in [0.29, 0.717) is 6.42 Å². The van der Waals surface area contributed by atoms with E-state index in [1.165, 1.54) is 17.2 Å². The summed E-state index contributed by atoms with van der Waals surface area (Å²) < 4.78 is 54.9. The minimum atomic E-state index is -4.48. The van der Waals surface area contributed by atoms with Crippen molar-refractivity contribution in [1.29, 1.82) is 0 Å². The summed E-state index contributed by atoms with van der Waals surface area (Å²) in [6, 6.07) is 1.49. The molecule has 1 aliphatic carbocycles. The van der Waals surface area contributed by atoms with E-state index in [1.54, 1.807) is 13.8 Å². The number of anilines is 1. The van der Waals surface area contributed by atoms with Gasteiger partial charge in [0.1, 0.15) is 5.69 Å². The van der Waals surface area contributed by atoms with E-state index in [4.69, 9.17) is 26.4 Å². The zero-order valence-electron chi connectivity index (χ0n) is 16.6. The van der Waals surface area contributed by atoms with Crippen molar-refractivity contribution >= 4 is 35.1 Å². The van der Waals surface area contributed by atoms with Gasteiger partial charge in [-0.1, -0.05) is 0 Å². The summed E-state index contributed by atoms with van der Waals surface area (Å²) in [6.45, 7) is 2.98. The first-order valence-corrected chi connectivity index (χ1v) is 9.86. The van der Waals surface area contributed by atoms with Crippen LogP contribution in [0.15, 0.2) is 12.3 Å². The van der Waals surface area contributed by atoms with Crippen LogP contribution < -0.4 is 10.2 Å². The number of H-pyrrole nitrogens is 1. The topological polar surface area (TPSA) is 92.9 Å². The van der Waals surface area contributed by atoms with Crippen LogP contribution in [-0.2, 0) is 14.2 Å². The lowest BCUT2D eigenvalue weighted by molar-refractivity contribution is -0.303. The van der Waals surface area contributed by atoms with E-state index >= 15 is 0 Å². The summed E-state index contributed by atoms with van der Waals surface area (Å²) in [5, 5.41) is 2.17. The van der Waals surface area contributed by atoms with E-state index in [0.717, 1.165) is 0 Å². The van der Waals surface area contributed by atoms with Crippen LogP contribution in [0, 0.1) is 0 Å². The van der Waals surface area contributed by atoms with Crippen LogP contribution in [0.5, 0.6) is 0 Å². The average Bonchev–Trinajstić information content (AvgIpc) is 3.08. The number of halogens is 3. The highest BCUT2D eigenvalue weighted by Crippen LogP contribution is 2.48. The zero-order chi connectivity index (χ0) is 22.4. The Kier molecular flexibility index (Phi) is 8.07. The summed E-state index contributed by atoms with van der Waals surface area (Å²) >= 11 is 5.22. The number of nitrogens with zero attached hydrogens (tertiary/aromatic N) is 1. The van der Waals surface area contributed by atoms with Gasteiger partial charge in [-0.3, -0.25) is 5.32 Å². The minimum absolute atomic E-state index is 0.0408. The normalized spacial score (nSPS) is 15.1. The summed E-state index contributed by atoms with van der Waals surface area (Å²) in [6.07, 6.45) is -3.65. The lowest BCUT2D eigenvalue weighted by Crippen LogP contribution is -2.54. The third-order valence-electron chi connectivity index (χ3n) is 4.60. The quantitative estimate of drug-likeness (QED) is 0.461. The second-order valence-electron chi connectivity index (χ2n) is 6.45. The Morgan fingerprint density at radius 1 is 1.27 bits per heavy atom. The van der Waals surface area contributed by atoms with Crippen LogP contribution in [0.1, 0.15) is 43.6 Å². The van der Waals surface area contributed by atoms with Crippen molar-refractivity contribution in [3.63, 3.8) is 0 Å². The van der Waals surface area contributed by atoms with Gasteiger partial charge in [0.2, 0.25) is 0 Å². The molecule has 0 aliphatic heterocycles. The monoisotopic (exact) mass is 451 g/mol. The molecule has 2 N–H and O–H groups in total. The van der Waals surface area contributed by atoms with Crippen LogP contribution >= 0.6 is 12.2 Å². The maximum Gasteiger partial charge on any atom is 0.417 e. The number of esters is 1. The number of carbonyl (C=O) groups excluding carboxylic acids is 2. The summed E-state index contributed by atoms with van der Waals surface area (Å²) in [4.78, 5) is 27.9. The molecule has 2 rings (SSSR count). The van der Waals surface area contributed by atoms with E-state index in [-0.39, 0.29) is 55.7 Å². The van der Waals surface area contributed by atoms with Crippen molar-refractivity contribution in [3.8, 4) is 0 Å². The molecule has 0 aromatic carbocycles. The van der Waals surface area contributed by atoms with Gasteiger partial charge >= 0.3 is 18.2 Å². The number of thiocarbonyl (C=S) groups is 1. The van der Waals surface area contributed by atoms with Crippen molar-refractivity contribution < 1.29 is 37.0 Å². The Morgan fingerprint density at radius 2 is 1.93 bits per heavy atom. The van der Waals surface area contributed by atoms with Gasteiger partial charge in [-0.2, -0.15) is 13.2 Å². The van der Waals surface area contributed by atoms with Gasteiger partial charge in [0.25, 0.3) is 0 Å². The van der Waals surface area contributed by atoms with Crippen LogP contribution in [0.4, 0.5) is 23.7 Å². The highest BCUT2D eigenvalue weighted by molar-refractivity contribution is 7.80. The summed E-state index contributed by atoms with van der Waals surface area (Å²) in [7, 11) is 0. The van der Waals surface area contributed by atoms with Crippen LogP contribution in [0.3, 0.4) is 0 Å². The molecule has 8 nitrogen and oxygen atoms in total. The van der Waals surface area contributed by atoms with Gasteiger partial charge in [-0.05, 0) is 51.4 Å². The first kappa shape index (κ1) is 23.9. The SMILES string of the molecule is CCOC(=O)NC(=S)N(CCOC1(C(F)(F)F)CCC1)c1cc[nH]c1C(=O)OCC. The van der Waals surface area contributed by atoms with Crippen molar-refractivity contribution in [2.24, 2.45) is 0 Å². The molecule has 12 heteroatoms. The van der Waals surface area contributed by atoms with Crippen molar-refractivity contribution in [2.45, 2.75) is 44.9 Å². The number of ether oxygens (including phenoxy) is 3. The molecule has 0 atom stereocenters. The molecule has 1 aliphatic rings. The molecular formula is C18H24F3N3O5S. The number of carbonyl (C=O) groups is 2. The molecule has 30 heavy (non-hydrogen) atoms. The fourth-order valence-corrected chi connectivity index (χ4v) is 3.22. The Balaban J connectivity index is 2.18. The van der Waals surface area contributed by atoms with E-state index < -0.39 is 23.8 Å². The number of aromatic amines is 1. The largest absolute Gasteiger partial charge is 0.461 e. The van der Waals surface area contributed by atoms with E-state index in [1.807, 2.05) is 0 Å². The Hall–Kier alpha value is -2.34. The van der Waals surface area contributed by atoms with Crippen LogP contribution in [0.2, 0.25) is 0 Å². The smallest absolute Gasteiger partial charge is 0.417 e. The van der Waals surface area contributed by atoms with Gasteiger partial charge < -0.3 is 24.1 Å². The third-order valence-corrected chi connectivity index (χ3v) is 4.92. The maximum atomic E-state index is 13.3. The van der Waals surface area contributed by atoms with Crippen molar-refractivity contribution in [1.82, 2.24) is 10.3 Å². The second kappa shape index (κ2) is 10.1. The molecule has 1 fully saturated rings. The molecule has 0 bridgehead atoms. The van der Waals surface area contributed by atoms with Gasteiger partial charge in [-0.25, -0.2) is 9.59 Å². The predicted octanol–water partition coefficient (Wildman–Crippen LogP) is 3.53. The number of hydrogen-bond donors (Lipinski definition) is 2. The molecule has 1 amide bonds. The molecule has 168 valence electrons. The van der Waals surface area contributed by atoms with Gasteiger partial charge in [0.15, 0.2) is 10.7 Å². The highest BCUT2D eigenvalue weighted by Gasteiger charge is 2.59. The highest BCUT2D eigenvalue weighted by atomic mass is 32.1. The number of rotatable bonds is 8. The molecule has 1 heterocycles. The third kappa shape index (κ3) is 5.42. The molecule has 1 saturated carbocycles.